The van der Waals surface area contributed by atoms with Crippen LogP contribution >= 0.6 is 11.6 Å². The van der Waals surface area contributed by atoms with Gasteiger partial charge in [-0.15, -0.1) is 0 Å². The zero-order valence-corrected chi connectivity index (χ0v) is 9.30. The maximum absolute atomic E-state index is 5.59. The highest BCUT2D eigenvalue weighted by molar-refractivity contribution is 6.30. The van der Waals surface area contributed by atoms with Gasteiger partial charge in [-0.05, 0) is 12.2 Å². The molecule has 0 aromatic rings. The van der Waals surface area contributed by atoms with Gasteiger partial charge in [-0.2, -0.15) is 0 Å². The van der Waals surface area contributed by atoms with E-state index in [9.17, 15) is 0 Å². The van der Waals surface area contributed by atoms with Crippen LogP contribution in [0.15, 0.2) is 36.0 Å². The first kappa shape index (κ1) is 12.3. The average Bonchev–Trinajstić information content (AvgIpc) is 2.11. The summed E-state index contributed by atoms with van der Waals surface area (Å²) in [6.07, 6.45) is 3.56. The number of allylic oxidation sites excluding steroid dienone is 3. The number of hydrogen-bond acceptors (Lipinski definition) is 2. The molecule has 0 heterocycles. The van der Waals surface area contributed by atoms with Crippen LogP contribution in [0.1, 0.15) is 6.92 Å². The van der Waals surface area contributed by atoms with E-state index in [0.717, 1.165) is 12.2 Å². The van der Waals surface area contributed by atoms with Gasteiger partial charge in [0.05, 0.1) is 0 Å². The maximum Gasteiger partial charge on any atom is 0.0447 e. The Morgan fingerprint density at radius 3 is 2.23 bits per heavy atom. The van der Waals surface area contributed by atoms with Crippen LogP contribution in [0.2, 0.25) is 0 Å². The van der Waals surface area contributed by atoms with Crippen molar-refractivity contribution in [3.63, 3.8) is 0 Å². The lowest BCUT2D eigenvalue weighted by Gasteiger charge is -2.29. The molecule has 13 heavy (non-hydrogen) atoms. The van der Waals surface area contributed by atoms with E-state index in [-0.39, 0.29) is 0 Å². The van der Waals surface area contributed by atoms with Gasteiger partial charge in [-0.1, -0.05) is 31.7 Å². The molecule has 0 aliphatic heterocycles. The summed E-state index contributed by atoms with van der Waals surface area (Å²) in [7, 11) is 3.95. The van der Waals surface area contributed by atoms with Crippen molar-refractivity contribution in [1.82, 2.24) is 10.0 Å². The molecule has 2 nitrogen and oxygen atoms in total. The smallest absolute Gasteiger partial charge is 0.0447 e. The van der Waals surface area contributed by atoms with E-state index in [1.807, 2.05) is 30.2 Å². The van der Waals surface area contributed by atoms with Gasteiger partial charge < -0.3 is 5.01 Å². The fourth-order valence-corrected chi connectivity index (χ4v) is 0.789. The third-order valence-corrected chi connectivity index (χ3v) is 1.97. The fraction of sp³-hybridized carbons (Fsp3) is 0.400. The van der Waals surface area contributed by atoms with Crippen LogP contribution in [-0.4, -0.2) is 30.7 Å². The van der Waals surface area contributed by atoms with Crippen LogP contribution in [0, 0.1) is 0 Å². The lowest BCUT2D eigenvalue weighted by atomic mass is 10.4. The molecule has 0 aromatic carbocycles. The summed E-state index contributed by atoms with van der Waals surface area (Å²) in [6.45, 7) is 10.5. The van der Waals surface area contributed by atoms with Gasteiger partial charge in [-0.25, -0.2) is 5.01 Å². The molecule has 0 N–H and O–H groups in total. The molecule has 74 valence electrons. The molecule has 0 rings (SSSR count). The zero-order valence-electron chi connectivity index (χ0n) is 8.55. The van der Waals surface area contributed by atoms with Crippen molar-refractivity contribution in [3.8, 4) is 0 Å². The first-order valence-corrected chi connectivity index (χ1v) is 4.53. The number of rotatable bonds is 5. The molecule has 0 bridgehead atoms. The van der Waals surface area contributed by atoms with Crippen molar-refractivity contribution in [2.45, 2.75) is 6.92 Å². The van der Waals surface area contributed by atoms with Crippen molar-refractivity contribution < 1.29 is 0 Å². The quantitative estimate of drug-likeness (QED) is 0.497. The van der Waals surface area contributed by atoms with Crippen LogP contribution in [0.5, 0.6) is 0 Å². The second kappa shape index (κ2) is 5.84. The predicted molar refractivity (Wildman–Crippen MR) is 59.3 cm³/mol. The second-order valence-electron chi connectivity index (χ2n) is 2.77. The summed E-state index contributed by atoms with van der Waals surface area (Å²) in [6, 6.07) is 0. The van der Waals surface area contributed by atoms with Crippen LogP contribution in [0.25, 0.3) is 0 Å². The Morgan fingerprint density at radius 1 is 1.31 bits per heavy atom. The van der Waals surface area contributed by atoms with Crippen molar-refractivity contribution in [1.29, 1.82) is 0 Å². The molecule has 0 fully saturated rings. The van der Waals surface area contributed by atoms with Crippen LogP contribution in [0.3, 0.4) is 0 Å². The number of hydrazine groups is 1. The number of halogens is 1. The lowest BCUT2D eigenvalue weighted by molar-refractivity contribution is 0.0769. The molecular weight excluding hydrogens is 184 g/mol. The summed E-state index contributed by atoms with van der Waals surface area (Å²) in [4.78, 5) is 0. The van der Waals surface area contributed by atoms with Crippen LogP contribution < -0.4 is 0 Å². The topological polar surface area (TPSA) is 6.48 Å². The average molecular weight is 201 g/mol. The van der Waals surface area contributed by atoms with Crippen molar-refractivity contribution in [2.24, 2.45) is 0 Å². The summed E-state index contributed by atoms with van der Waals surface area (Å²) in [5.41, 5.74) is 0.881. The van der Waals surface area contributed by atoms with Gasteiger partial charge >= 0.3 is 0 Å². The molecule has 0 aliphatic carbocycles. The Labute approximate surface area is 85.7 Å². The minimum atomic E-state index is 0.508. The summed E-state index contributed by atoms with van der Waals surface area (Å²) in [5, 5.41) is 4.51. The molecule has 0 radical (unpaired) electrons. The van der Waals surface area contributed by atoms with E-state index < -0.39 is 0 Å². The van der Waals surface area contributed by atoms with E-state index in [4.69, 9.17) is 11.6 Å². The molecule has 0 spiro atoms. The molecular formula is C10H17ClN2. The molecule has 0 atom stereocenters. The highest BCUT2D eigenvalue weighted by atomic mass is 35.5. The molecule has 3 heteroatoms. The monoisotopic (exact) mass is 200 g/mol. The molecule has 0 amide bonds. The number of likely N-dealkylation sites (N-methyl/N-ethyl adjacent to an activating group) is 1. The van der Waals surface area contributed by atoms with Gasteiger partial charge in [0.15, 0.2) is 0 Å². The minimum absolute atomic E-state index is 0.508. The van der Waals surface area contributed by atoms with Gasteiger partial charge in [0.25, 0.3) is 0 Å². The Hall–Kier alpha value is -0.730. The normalized spacial score (nSPS) is 10.8. The predicted octanol–water partition coefficient (Wildman–Crippen LogP) is 2.61. The first-order valence-electron chi connectivity index (χ1n) is 4.15. The third kappa shape index (κ3) is 4.76. The van der Waals surface area contributed by atoms with E-state index in [1.54, 1.807) is 6.08 Å². The Bertz CT molecular complexity index is 221. The molecule has 0 unspecified atom stereocenters. The first-order chi connectivity index (χ1) is 5.99. The summed E-state index contributed by atoms with van der Waals surface area (Å²) >= 11 is 5.59. The van der Waals surface area contributed by atoms with E-state index in [1.165, 1.54) is 0 Å². The van der Waals surface area contributed by atoms with Gasteiger partial charge in [0.2, 0.25) is 0 Å². The van der Waals surface area contributed by atoms with Crippen molar-refractivity contribution in [3.05, 3.63) is 36.0 Å². The largest absolute Gasteiger partial charge is 0.310 e. The number of nitrogens with zero attached hydrogens (tertiary/aromatic N) is 2. The number of hydrogen-bond donors (Lipinski definition) is 0. The molecule has 0 saturated carbocycles. The second-order valence-corrected chi connectivity index (χ2v) is 3.25. The van der Waals surface area contributed by atoms with E-state index in [2.05, 4.69) is 20.1 Å². The Morgan fingerprint density at radius 2 is 1.85 bits per heavy atom. The minimum Gasteiger partial charge on any atom is -0.310 e. The standard InChI is InChI=1S/C10H17ClN2/c1-6-12(4)13(5)10(3)8-7-9(2)11/h7-8H,2-3,6H2,1,4-5H3/b8-7-. The molecule has 0 aliphatic rings. The Balaban J connectivity index is 4.19. The maximum atomic E-state index is 5.59. The Kier molecular flexibility index (Phi) is 5.51. The van der Waals surface area contributed by atoms with Crippen LogP contribution in [-0.2, 0) is 0 Å². The third-order valence-electron chi connectivity index (χ3n) is 1.84. The van der Waals surface area contributed by atoms with E-state index in [0.29, 0.717) is 5.03 Å². The van der Waals surface area contributed by atoms with Crippen molar-refractivity contribution >= 4 is 11.6 Å². The highest BCUT2D eigenvalue weighted by Crippen LogP contribution is 2.06. The summed E-state index contributed by atoms with van der Waals surface area (Å²) < 4.78 is 0. The molecule has 0 saturated heterocycles. The molecule has 0 aromatic heterocycles. The SMILES string of the molecule is C=C(Cl)/C=C\C(=C)N(C)N(C)CC. The lowest BCUT2D eigenvalue weighted by Crippen LogP contribution is -2.34. The van der Waals surface area contributed by atoms with Crippen molar-refractivity contribution in [2.75, 3.05) is 20.6 Å². The fourth-order valence-electron chi connectivity index (χ4n) is 0.726. The highest BCUT2D eigenvalue weighted by Gasteiger charge is 2.02. The van der Waals surface area contributed by atoms with Gasteiger partial charge in [0, 0.05) is 31.4 Å². The summed E-state index contributed by atoms with van der Waals surface area (Å²) in [5.74, 6) is 0. The van der Waals surface area contributed by atoms with Gasteiger partial charge in [0.1, 0.15) is 0 Å². The van der Waals surface area contributed by atoms with Gasteiger partial charge in [-0.3, -0.25) is 0 Å². The van der Waals surface area contributed by atoms with Crippen LogP contribution in [0.4, 0.5) is 0 Å². The van der Waals surface area contributed by atoms with E-state index >= 15 is 0 Å². The zero-order chi connectivity index (χ0) is 10.4.